The predicted octanol–water partition coefficient (Wildman–Crippen LogP) is 3.08. The van der Waals surface area contributed by atoms with E-state index in [0.29, 0.717) is 23.0 Å². The Morgan fingerprint density at radius 1 is 1.14 bits per heavy atom. The largest absolute Gasteiger partial charge is 0.495 e. The summed E-state index contributed by atoms with van der Waals surface area (Å²) >= 11 is 6.05. The molecule has 0 aliphatic rings. The molecule has 2 rings (SSSR count). The Bertz CT molecular complexity index is 617. The molecule has 2 aromatic rings. The third-order valence-corrected chi connectivity index (χ3v) is 3.31. The van der Waals surface area contributed by atoms with Gasteiger partial charge in [0.25, 0.3) is 0 Å². The summed E-state index contributed by atoms with van der Waals surface area (Å²) < 4.78 is 5.18. The van der Waals surface area contributed by atoms with Crippen LogP contribution in [0.15, 0.2) is 48.5 Å². The van der Waals surface area contributed by atoms with Gasteiger partial charge in [0.1, 0.15) is 5.75 Å². The van der Waals surface area contributed by atoms with Crippen LogP contribution in [-0.4, -0.2) is 19.6 Å². The minimum atomic E-state index is -0.133. The van der Waals surface area contributed by atoms with Gasteiger partial charge in [0.2, 0.25) is 5.91 Å². The minimum Gasteiger partial charge on any atom is -0.495 e. The van der Waals surface area contributed by atoms with Crippen molar-refractivity contribution in [3.63, 3.8) is 0 Å². The smallest absolute Gasteiger partial charge is 0.238 e. The molecule has 0 atom stereocenters. The van der Waals surface area contributed by atoms with Crippen molar-refractivity contribution in [1.82, 2.24) is 5.32 Å². The SMILES string of the molecule is COc1ccccc1NC(=O)CNCc1ccccc1Cl. The quantitative estimate of drug-likeness (QED) is 0.862. The maximum absolute atomic E-state index is 11.9. The van der Waals surface area contributed by atoms with Crippen LogP contribution >= 0.6 is 11.6 Å². The van der Waals surface area contributed by atoms with Gasteiger partial charge in [0.05, 0.1) is 19.3 Å². The molecule has 110 valence electrons. The molecule has 0 saturated heterocycles. The second-order valence-electron chi connectivity index (χ2n) is 4.44. The number of para-hydroxylation sites is 2. The van der Waals surface area contributed by atoms with Crippen molar-refractivity contribution in [1.29, 1.82) is 0 Å². The zero-order valence-electron chi connectivity index (χ0n) is 11.7. The Morgan fingerprint density at radius 2 is 1.86 bits per heavy atom. The predicted molar refractivity (Wildman–Crippen MR) is 84.8 cm³/mol. The molecule has 0 spiro atoms. The summed E-state index contributed by atoms with van der Waals surface area (Å²) in [5.74, 6) is 0.503. The van der Waals surface area contributed by atoms with Crippen LogP contribution < -0.4 is 15.4 Å². The van der Waals surface area contributed by atoms with Gasteiger partial charge in [-0.15, -0.1) is 0 Å². The van der Waals surface area contributed by atoms with E-state index < -0.39 is 0 Å². The molecule has 0 aromatic heterocycles. The maximum Gasteiger partial charge on any atom is 0.238 e. The van der Waals surface area contributed by atoms with Crippen LogP contribution in [0.1, 0.15) is 5.56 Å². The second-order valence-corrected chi connectivity index (χ2v) is 4.85. The fourth-order valence-electron chi connectivity index (χ4n) is 1.89. The summed E-state index contributed by atoms with van der Waals surface area (Å²) in [6.45, 7) is 0.738. The van der Waals surface area contributed by atoms with E-state index >= 15 is 0 Å². The summed E-state index contributed by atoms with van der Waals surface area (Å²) in [7, 11) is 1.57. The number of carbonyl (C=O) groups excluding carboxylic acids is 1. The van der Waals surface area contributed by atoms with Crippen LogP contribution in [0.4, 0.5) is 5.69 Å². The molecule has 4 nitrogen and oxygen atoms in total. The third-order valence-electron chi connectivity index (χ3n) is 2.94. The fourth-order valence-corrected chi connectivity index (χ4v) is 2.10. The minimum absolute atomic E-state index is 0.133. The summed E-state index contributed by atoms with van der Waals surface area (Å²) in [6.07, 6.45) is 0. The number of nitrogens with one attached hydrogen (secondary N) is 2. The Labute approximate surface area is 129 Å². The van der Waals surface area contributed by atoms with Crippen LogP contribution in [0, 0.1) is 0 Å². The lowest BCUT2D eigenvalue weighted by Crippen LogP contribution is -2.27. The van der Waals surface area contributed by atoms with E-state index in [1.807, 2.05) is 36.4 Å². The summed E-state index contributed by atoms with van der Waals surface area (Å²) in [5.41, 5.74) is 1.62. The molecule has 1 amide bonds. The number of hydrogen-bond acceptors (Lipinski definition) is 3. The molecule has 0 aliphatic heterocycles. The van der Waals surface area contributed by atoms with E-state index in [1.165, 1.54) is 0 Å². The van der Waals surface area contributed by atoms with Gasteiger partial charge in [0, 0.05) is 11.6 Å². The van der Waals surface area contributed by atoms with Crippen molar-refractivity contribution in [2.45, 2.75) is 6.54 Å². The van der Waals surface area contributed by atoms with E-state index in [0.717, 1.165) is 5.56 Å². The number of anilines is 1. The lowest BCUT2D eigenvalue weighted by Gasteiger charge is -2.10. The summed E-state index contributed by atoms with van der Waals surface area (Å²) in [5, 5.41) is 6.56. The molecule has 0 unspecified atom stereocenters. The topological polar surface area (TPSA) is 50.4 Å². The first kappa shape index (κ1) is 15.4. The zero-order chi connectivity index (χ0) is 15.1. The number of methoxy groups -OCH3 is 1. The number of benzene rings is 2. The first-order valence-electron chi connectivity index (χ1n) is 6.57. The molecule has 0 radical (unpaired) electrons. The van der Waals surface area contributed by atoms with Gasteiger partial charge in [-0.2, -0.15) is 0 Å². The fraction of sp³-hybridized carbons (Fsp3) is 0.188. The van der Waals surface area contributed by atoms with E-state index in [-0.39, 0.29) is 12.5 Å². The highest BCUT2D eigenvalue weighted by Gasteiger charge is 2.06. The maximum atomic E-state index is 11.9. The van der Waals surface area contributed by atoms with Gasteiger partial charge in [-0.05, 0) is 23.8 Å². The average molecular weight is 305 g/mol. The molecule has 0 heterocycles. The standard InChI is InChI=1S/C16H17ClN2O2/c1-21-15-9-5-4-8-14(15)19-16(20)11-18-10-12-6-2-3-7-13(12)17/h2-9,18H,10-11H2,1H3,(H,19,20). The highest BCUT2D eigenvalue weighted by Crippen LogP contribution is 2.22. The van der Waals surface area contributed by atoms with Crippen molar-refractivity contribution >= 4 is 23.2 Å². The molecular formula is C16H17ClN2O2. The normalized spacial score (nSPS) is 10.2. The van der Waals surface area contributed by atoms with Gasteiger partial charge in [0.15, 0.2) is 0 Å². The lowest BCUT2D eigenvalue weighted by atomic mass is 10.2. The van der Waals surface area contributed by atoms with Gasteiger partial charge < -0.3 is 15.4 Å². The highest BCUT2D eigenvalue weighted by atomic mass is 35.5. The number of rotatable bonds is 6. The van der Waals surface area contributed by atoms with Crippen LogP contribution in [0.25, 0.3) is 0 Å². The van der Waals surface area contributed by atoms with Crippen molar-refractivity contribution in [2.24, 2.45) is 0 Å². The van der Waals surface area contributed by atoms with Crippen LogP contribution in [0.3, 0.4) is 0 Å². The number of hydrogen-bond donors (Lipinski definition) is 2. The molecule has 2 N–H and O–H groups in total. The highest BCUT2D eigenvalue weighted by molar-refractivity contribution is 6.31. The molecule has 0 bridgehead atoms. The molecule has 0 aliphatic carbocycles. The van der Waals surface area contributed by atoms with Gasteiger partial charge in [-0.25, -0.2) is 0 Å². The molecular weight excluding hydrogens is 288 g/mol. The van der Waals surface area contributed by atoms with Gasteiger partial charge >= 0.3 is 0 Å². The average Bonchev–Trinajstić information content (AvgIpc) is 2.50. The van der Waals surface area contributed by atoms with Gasteiger partial charge in [-0.3, -0.25) is 4.79 Å². The van der Waals surface area contributed by atoms with E-state index in [1.54, 1.807) is 19.2 Å². The monoisotopic (exact) mass is 304 g/mol. The van der Waals surface area contributed by atoms with Crippen molar-refractivity contribution in [2.75, 3.05) is 19.0 Å². The van der Waals surface area contributed by atoms with Gasteiger partial charge in [-0.1, -0.05) is 41.9 Å². The van der Waals surface area contributed by atoms with E-state index in [2.05, 4.69) is 10.6 Å². The Hall–Kier alpha value is -2.04. The molecule has 0 saturated carbocycles. The first-order valence-corrected chi connectivity index (χ1v) is 6.95. The Morgan fingerprint density at radius 3 is 2.62 bits per heavy atom. The Kier molecular flexibility index (Phi) is 5.60. The van der Waals surface area contributed by atoms with E-state index in [4.69, 9.17) is 16.3 Å². The lowest BCUT2D eigenvalue weighted by molar-refractivity contribution is -0.115. The molecule has 0 fully saturated rings. The first-order chi connectivity index (χ1) is 10.2. The zero-order valence-corrected chi connectivity index (χ0v) is 12.5. The van der Waals surface area contributed by atoms with Crippen LogP contribution in [-0.2, 0) is 11.3 Å². The van der Waals surface area contributed by atoms with Crippen molar-refractivity contribution in [3.8, 4) is 5.75 Å². The molecule has 2 aromatic carbocycles. The number of halogens is 1. The van der Waals surface area contributed by atoms with Crippen molar-refractivity contribution in [3.05, 3.63) is 59.1 Å². The number of ether oxygens (including phenoxy) is 1. The molecule has 21 heavy (non-hydrogen) atoms. The van der Waals surface area contributed by atoms with Crippen LogP contribution in [0.5, 0.6) is 5.75 Å². The van der Waals surface area contributed by atoms with E-state index in [9.17, 15) is 4.79 Å². The second kappa shape index (κ2) is 7.67. The molecule has 5 heteroatoms. The third kappa shape index (κ3) is 4.48. The van der Waals surface area contributed by atoms with Crippen LogP contribution in [0.2, 0.25) is 5.02 Å². The number of carbonyl (C=O) groups is 1. The Balaban J connectivity index is 1.84. The summed E-state index contributed by atoms with van der Waals surface area (Å²) in [4.78, 5) is 11.9. The number of amides is 1. The van der Waals surface area contributed by atoms with Crippen molar-refractivity contribution < 1.29 is 9.53 Å². The summed E-state index contributed by atoms with van der Waals surface area (Å²) in [6, 6.07) is 14.8.